The van der Waals surface area contributed by atoms with Crippen molar-refractivity contribution in [2.45, 2.75) is 131 Å². The number of hydrogen-bond acceptors (Lipinski definition) is 5. The third kappa shape index (κ3) is 3.90. The van der Waals surface area contributed by atoms with Gasteiger partial charge in [0.05, 0.1) is 18.2 Å². The molecule has 6 heteroatoms. The molecule has 2 N–H and O–H groups in total. The number of ketones is 2. The number of hydrogen-bond donors (Lipinski definition) is 2. The molecule has 1 heterocycles. The van der Waals surface area contributed by atoms with Crippen molar-refractivity contribution in [3.05, 3.63) is 11.6 Å². The molecule has 1 aliphatic heterocycles. The summed E-state index contributed by atoms with van der Waals surface area (Å²) < 4.78 is 0. The van der Waals surface area contributed by atoms with Gasteiger partial charge in [-0.15, -0.1) is 0 Å². The van der Waals surface area contributed by atoms with Crippen LogP contribution >= 0.6 is 0 Å². The van der Waals surface area contributed by atoms with Crippen LogP contribution in [-0.4, -0.2) is 57.4 Å². The predicted molar refractivity (Wildman–Crippen MR) is 158 cm³/mol. The van der Waals surface area contributed by atoms with E-state index in [0.29, 0.717) is 12.3 Å². The third-order valence-corrected chi connectivity index (χ3v) is 14.6. The number of rotatable bonds is 2. The van der Waals surface area contributed by atoms with E-state index in [-0.39, 0.29) is 75.0 Å². The van der Waals surface area contributed by atoms with Gasteiger partial charge in [0.2, 0.25) is 5.91 Å². The number of likely N-dealkylation sites (tertiary alicyclic amines) is 1. The normalized spacial score (nSPS) is 50.7. The molecular formula is C35H53NO5. The quantitative estimate of drug-likeness (QED) is 0.460. The van der Waals surface area contributed by atoms with E-state index in [9.17, 15) is 24.6 Å². The van der Waals surface area contributed by atoms with Crippen LogP contribution in [0, 0.1) is 50.7 Å². The summed E-state index contributed by atoms with van der Waals surface area (Å²) in [5.41, 5.74) is 0.739. The topological polar surface area (TPSA) is 94.9 Å². The highest BCUT2D eigenvalue weighted by atomic mass is 16.3. The van der Waals surface area contributed by atoms with E-state index in [1.54, 1.807) is 4.90 Å². The molecule has 6 aliphatic rings. The minimum Gasteiger partial charge on any atom is -0.393 e. The minimum atomic E-state index is -0.641. The maximum absolute atomic E-state index is 14.5. The number of carbonyl (C=O) groups is 3. The summed E-state index contributed by atoms with van der Waals surface area (Å²) in [6, 6.07) is -0.522. The number of amides is 1. The molecule has 1 amide bonds. The van der Waals surface area contributed by atoms with Crippen LogP contribution in [0.3, 0.4) is 0 Å². The Labute approximate surface area is 246 Å². The summed E-state index contributed by atoms with van der Waals surface area (Å²) in [4.78, 5) is 42.3. The highest BCUT2D eigenvalue weighted by molar-refractivity contribution is 5.96. The maximum atomic E-state index is 14.5. The van der Waals surface area contributed by atoms with E-state index in [4.69, 9.17) is 0 Å². The Hall–Kier alpha value is -1.53. The molecular weight excluding hydrogens is 514 g/mol. The van der Waals surface area contributed by atoms with Crippen LogP contribution in [0.1, 0.15) is 113 Å². The molecule has 41 heavy (non-hydrogen) atoms. The van der Waals surface area contributed by atoms with E-state index >= 15 is 0 Å². The van der Waals surface area contributed by atoms with Crippen molar-refractivity contribution in [2.75, 3.05) is 6.54 Å². The van der Waals surface area contributed by atoms with Crippen molar-refractivity contribution in [1.82, 2.24) is 4.90 Å². The average Bonchev–Trinajstić information content (AvgIpc) is 3.29. The van der Waals surface area contributed by atoms with Crippen LogP contribution in [0.2, 0.25) is 0 Å². The van der Waals surface area contributed by atoms with Gasteiger partial charge in [-0.3, -0.25) is 14.4 Å². The number of fused-ring (bicyclic) bond motifs is 7. The van der Waals surface area contributed by atoms with Crippen LogP contribution in [0.4, 0.5) is 0 Å². The third-order valence-electron chi connectivity index (χ3n) is 14.6. The van der Waals surface area contributed by atoms with E-state index in [2.05, 4.69) is 41.5 Å². The van der Waals surface area contributed by atoms with Crippen molar-refractivity contribution in [1.29, 1.82) is 0 Å². The number of nitrogens with zero attached hydrogens (tertiary/aromatic N) is 1. The van der Waals surface area contributed by atoms with Crippen LogP contribution < -0.4 is 0 Å². The standard InChI is InChI=1S/C35H53NO5/c1-20(37)25-17-22(38)19-36(25)30(41)21-8-11-32(4)14-15-34(6)24(23(32)16-21)18-26(39)29-33(5)12-10-28(40)31(2,3)27(33)9-13-35(29,34)7/h18,21-23,25,27-29,38,40H,8-17,19H2,1-7H3/t21-,22+,23-,25-,27-,28-,29+,32+,33-,34+,35+/m0/s1. The number of aliphatic hydroxyl groups is 2. The van der Waals surface area contributed by atoms with Gasteiger partial charge in [0.25, 0.3) is 0 Å². The zero-order chi connectivity index (χ0) is 29.9. The summed E-state index contributed by atoms with van der Waals surface area (Å²) in [6.07, 6.45) is 9.74. The van der Waals surface area contributed by atoms with Crippen LogP contribution in [0.15, 0.2) is 11.6 Å². The number of aliphatic hydroxyl groups excluding tert-OH is 2. The first kappa shape index (κ1) is 29.5. The fourth-order valence-corrected chi connectivity index (χ4v) is 11.9. The molecule has 0 bridgehead atoms. The second-order valence-corrected chi connectivity index (χ2v) is 16.8. The van der Waals surface area contributed by atoms with Crippen LogP contribution in [0.5, 0.6) is 0 Å². The Morgan fingerprint density at radius 1 is 0.902 bits per heavy atom. The Morgan fingerprint density at radius 2 is 1.61 bits per heavy atom. The lowest BCUT2D eigenvalue weighted by atomic mass is 9.33. The van der Waals surface area contributed by atoms with E-state index in [0.717, 1.165) is 57.8 Å². The molecule has 6 nitrogen and oxygen atoms in total. The zero-order valence-electron chi connectivity index (χ0n) is 26.5. The van der Waals surface area contributed by atoms with Gasteiger partial charge >= 0.3 is 0 Å². The molecule has 6 rings (SSSR count). The van der Waals surface area contributed by atoms with Gasteiger partial charge in [-0.05, 0) is 110 Å². The lowest BCUT2D eigenvalue weighted by molar-refractivity contribution is -0.201. The molecule has 4 saturated carbocycles. The van der Waals surface area contributed by atoms with E-state index in [1.165, 1.54) is 12.5 Å². The fourth-order valence-electron chi connectivity index (χ4n) is 11.9. The number of carbonyl (C=O) groups excluding carboxylic acids is 3. The molecule has 5 fully saturated rings. The molecule has 5 aliphatic carbocycles. The average molecular weight is 568 g/mol. The Morgan fingerprint density at radius 3 is 2.29 bits per heavy atom. The van der Waals surface area contributed by atoms with Gasteiger partial charge in [0.15, 0.2) is 11.6 Å². The van der Waals surface area contributed by atoms with Crippen molar-refractivity contribution in [2.24, 2.45) is 50.7 Å². The smallest absolute Gasteiger partial charge is 0.226 e. The largest absolute Gasteiger partial charge is 0.393 e. The van der Waals surface area contributed by atoms with Crippen molar-refractivity contribution in [3.8, 4) is 0 Å². The van der Waals surface area contributed by atoms with Gasteiger partial charge in [-0.2, -0.15) is 0 Å². The molecule has 0 aromatic heterocycles. The highest BCUT2D eigenvalue weighted by Gasteiger charge is 2.70. The van der Waals surface area contributed by atoms with Crippen molar-refractivity contribution in [3.63, 3.8) is 0 Å². The lowest BCUT2D eigenvalue weighted by Gasteiger charge is -2.70. The highest BCUT2D eigenvalue weighted by Crippen LogP contribution is 2.74. The summed E-state index contributed by atoms with van der Waals surface area (Å²) in [6.45, 7) is 15.7. The second kappa shape index (κ2) is 9.24. The molecule has 0 spiro atoms. The van der Waals surface area contributed by atoms with Crippen LogP contribution in [0.25, 0.3) is 0 Å². The van der Waals surface area contributed by atoms with Gasteiger partial charge < -0.3 is 15.1 Å². The Bertz CT molecular complexity index is 1190. The monoisotopic (exact) mass is 567 g/mol. The summed E-state index contributed by atoms with van der Waals surface area (Å²) >= 11 is 0. The number of allylic oxidation sites excluding steroid dienone is 2. The van der Waals surface area contributed by atoms with Gasteiger partial charge in [-0.25, -0.2) is 0 Å². The van der Waals surface area contributed by atoms with Gasteiger partial charge in [-0.1, -0.05) is 47.1 Å². The number of Topliss-reactive ketones (excluding diaryl/α,β-unsaturated/α-hetero) is 1. The predicted octanol–water partition coefficient (Wildman–Crippen LogP) is 5.49. The Balaban J connectivity index is 1.35. The summed E-state index contributed by atoms with van der Waals surface area (Å²) in [7, 11) is 0. The van der Waals surface area contributed by atoms with E-state index in [1.807, 2.05) is 6.08 Å². The molecule has 0 radical (unpaired) electrons. The number of β-amino-alcohol motifs (C(OH)–C–C–N with tert-alkyl or cyclic N) is 1. The SMILES string of the molecule is CC(=O)[C@@H]1C[C@@H](O)CN1C(=O)[C@H]1CC[C@]2(C)CC[C@]3(C)C(=CC(=O)[C@@H]4[C@@]5(C)CC[C@H](O)C(C)(C)[C@@H]5CC[C@]43C)[C@@H]2C1. The van der Waals surface area contributed by atoms with E-state index < -0.39 is 12.1 Å². The first-order chi connectivity index (χ1) is 19.0. The molecule has 11 atom stereocenters. The fraction of sp³-hybridized carbons (Fsp3) is 0.857. The summed E-state index contributed by atoms with van der Waals surface area (Å²) in [5.74, 6) is 0.484. The Kier molecular flexibility index (Phi) is 6.65. The zero-order valence-corrected chi connectivity index (χ0v) is 26.5. The van der Waals surface area contributed by atoms with Gasteiger partial charge in [0.1, 0.15) is 0 Å². The first-order valence-electron chi connectivity index (χ1n) is 16.4. The van der Waals surface area contributed by atoms with Crippen molar-refractivity contribution >= 4 is 17.5 Å². The molecule has 0 aromatic rings. The molecule has 228 valence electrons. The molecule has 1 saturated heterocycles. The lowest BCUT2D eigenvalue weighted by Crippen LogP contribution is -2.66. The maximum Gasteiger partial charge on any atom is 0.226 e. The van der Waals surface area contributed by atoms with Crippen molar-refractivity contribution < 1.29 is 24.6 Å². The molecule has 0 unspecified atom stereocenters. The minimum absolute atomic E-state index is 0.0129. The first-order valence-corrected chi connectivity index (χ1v) is 16.4. The second-order valence-electron chi connectivity index (χ2n) is 16.8. The molecule has 0 aromatic carbocycles. The summed E-state index contributed by atoms with van der Waals surface area (Å²) in [5, 5.41) is 21.3. The van der Waals surface area contributed by atoms with Gasteiger partial charge in [0, 0.05) is 24.8 Å². The van der Waals surface area contributed by atoms with Crippen LogP contribution in [-0.2, 0) is 14.4 Å².